The molecule has 1 amide bonds. The highest BCUT2D eigenvalue weighted by atomic mass is 16.2. The highest BCUT2D eigenvalue weighted by Gasteiger charge is 2.29. The summed E-state index contributed by atoms with van der Waals surface area (Å²) in [5.74, 6) is 0.361. The van der Waals surface area contributed by atoms with E-state index in [1.165, 1.54) is 19.3 Å². The molecule has 2 aliphatic rings. The Bertz CT molecular complexity index is 245. The maximum atomic E-state index is 11.8. The average molecular weight is 193 g/mol. The summed E-state index contributed by atoms with van der Waals surface area (Å²) in [4.78, 5) is 13.8. The van der Waals surface area contributed by atoms with E-state index in [1.807, 2.05) is 4.90 Å². The highest BCUT2D eigenvalue weighted by Crippen LogP contribution is 2.38. The zero-order chi connectivity index (χ0) is 10.0. The number of hydrogen-bond acceptors (Lipinski definition) is 1. The van der Waals surface area contributed by atoms with Gasteiger partial charge in [-0.2, -0.15) is 0 Å². The molecule has 1 aliphatic heterocycles. The number of amides is 1. The van der Waals surface area contributed by atoms with E-state index >= 15 is 0 Å². The molecule has 1 fully saturated rings. The van der Waals surface area contributed by atoms with Gasteiger partial charge in [-0.25, -0.2) is 0 Å². The Hall–Kier alpha value is -0.790. The fourth-order valence-corrected chi connectivity index (χ4v) is 1.99. The van der Waals surface area contributed by atoms with Crippen LogP contribution < -0.4 is 0 Å². The summed E-state index contributed by atoms with van der Waals surface area (Å²) in [6.07, 6.45) is 9.80. The van der Waals surface area contributed by atoms with Crippen molar-refractivity contribution >= 4 is 5.91 Å². The number of carbonyl (C=O) groups excluding carboxylic acids is 1. The van der Waals surface area contributed by atoms with E-state index in [2.05, 4.69) is 19.1 Å². The van der Waals surface area contributed by atoms with Crippen LogP contribution in [0.3, 0.4) is 0 Å². The SMILES string of the molecule is CC1(CCC(=O)N2CCCCC2)C=C1. The molecule has 2 rings (SSSR count). The number of nitrogens with zero attached hydrogens (tertiary/aromatic N) is 1. The Balaban J connectivity index is 1.71. The number of likely N-dealkylation sites (tertiary alicyclic amines) is 1. The summed E-state index contributed by atoms with van der Waals surface area (Å²) in [6, 6.07) is 0. The van der Waals surface area contributed by atoms with Gasteiger partial charge in [0.1, 0.15) is 0 Å². The van der Waals surface area contributed by atoms with Crippen molar-refractivity contribution in [2.45, 2.75) is 39.0 Å². The second kappa shape index (κ2) is 3.76. The summed E-state index contributed by atoms with van der Waals surface area (Å²) in [6.45, 7) is 4.17. The molecule has 0 aromatic carbocycles. The molecule has 1 saturated heterocycles. The molecular weight excluding hydrogens is 174 g/mol. The second-order valence-corrected chi connectivity index (χ2v) is 4.78. The molecule has 0 atom stereocenters. The van der Waals surface area contributed by atoms with Gasteiger partial charge in [-0.15, -0.1) is 0 Å². The molecule has 78 valence electrons. The Morgan fingerprint density at radius 1 is 1.29 bits per heavy atom. The van der Waals surface area contributed by atoms with Gasteiger partial charge >= 0.3 is 0 Å². The van der Waals surface area contributed by atoms with Crippen molar-refractivity contribution in [2.24, 2.45) is 5.41 Å². The molecule has 0 bridgehead atoms. The van der Waals surface area contributed by atoms with Gasteiger partial charge < -0.3 is 4.90 Å². The van der Waals surface area contributed by atoms with E-state index in [0.717, 1.165) is 25.9 Å². The van der Waals surface area contributed by atoms with Crippen LogP contribution in [-0.4, -0.2) is 23.9 Å². The van der Waals surface area contributed by atoms with Crippen LogP contribution in [0, 0.1) is 5.41 Å². The summed E-state index contributed by atoms with van der Waals surface area (Å²) in [7, 11) is 0. The minimum Gasteiger partial charge on any atom is -0.343 e. The van der Waals surface area contributed by atoms with E-state index < -0.39 is 0 Å². The molecule has 0 N–H and O–H groups in total. The summed E-state index contributed by atoms with van der Waals surface area (Å²) in [5, 5.41) is 0. The van der Waals surface area contributed by atoms with Crippen molar-refractivity contribution in [3.05, 3.63) is 12.2 Å². The van der Waals surface area contributed by atoms with E-state index in [1.54, 1.807) is 0 Å². The Morgan fingerprint density at radius 2 is 1.93 bits per heavy atom. The van der Waals surface area contributed by atoms with Gasteiger partial charge in [-0.05, 0) is 25.7 Å². The first-order valence-corrected chi connectivity index (χ1v) is 5.68. The summed E-state index contributed by atoms with van der Waals surface area (Å²) >= 11 is 0. The fourth-order valence-electron chi connectivity index (χ4n) is 1.99. The van der Waals surface area contributed by atoms with Crippen LogP contribution in [0.25, 0.3) is 0 Å². The summed E-state index contributed by atoms with van der Waals surface area (Å²) < 4.78 is 0. The largest absolute Gasteiger partial charge is 0.343 e. The lowest BCUT2D eigenvalue weighted by Crippen LogP contribution is -2.35. The van der Waals surface area contributed by atoms with Crippen molar-refractivity contribution in [2.75, 3.05) is 13.1 Å². The van der Waals surface area contributed by atoms with Gasteiger partial charge in [0.05, 0.1) is 0 Å². The third-order valence-electron chi connectivity index (χ3n) is 3.32. The van der Waals surface area contributed by atoms with Gasteiger partial charge in [0.2, 0.25) is 5.91 Å². The lowest BCUT2D eigenvalue weighted by Gasteiger charge is -2.27. The van der Waals surface area contributed by atoms with E-state index in [9.17, 15) is 4.79 Å². The van der Waals surface area contributed by atoms with Crippen LogP contribution in [-0.2, 0) is 4.79 Å². The predicted octanol–water partition coefficient (Wildman–Crippen LogP) is 2.36. The van der Waals surface area contributed by atoms with Gasteiger partial charge in [0, 0.05) is 24.9 Å². The predicted molar refractivity (Wildman–Crippen MR) is 56.9 cm³/mol. The van der Waals surface area contributed by atoms with Crippen LogP contribution in [0.5, 0.6) is 0 Å². The molecule has 0 aromatic heterocycles. The molecule has 0 saturated carbocycles. The zero-order valence-corrected chi connectivity index (χ0v) is 8.96. The first kappa shape index (κ1) is 9.75. The van der Waals surface area contributed by atoms with E-state index in [0.29, 0.717) is 5.91 Å². The molecule has 0 unspecified atom stereocenters. The smallest absolute Gasteiger partial charge is 0.222 e. The molecule has 14 heavy (non-hydrogen) atoms. The number of rotatable bonds is 3. The first-order chi connectivity index (χ1) is 6.70. The normalized spacial score (nSPS) is 23.6. The number of allylic oxidation sites excluding steroid dienone is 2. The Kier molecular flexibility index (Phi) is 2.62. The monoisotopic (exact) mass is 193 g/mol. The number of hydrogen-bond donors (Lipinski definition) is 0. The third-order valence-corrected chi connectivity index (χ3v) is 3.32. The maximum Gasteiger partial charge on any atom is 0.222 e. The van der Waals surface area contributed by atoms with Gasteiger partial charge in [0.25, 0.3) is 0 Å². The highest BCUT2D eigenvalue weighted by molar-refractivity contribution is 5.76. The molecule has 0 radical (unpaired) electrons. The Labute approximate surface area is 86.0 Å². The average Bonchev–Trinajstić information content (AvgIpc) is 2.95. The lowest BCUT2D eigenvalue weighted by molar-refractivity contribution is -0.132. The van der Waals surface area contributed by atoms with E-state index in [4.69, 9.17) is 0 Å². The first-order valence-electron chi connectivity index (χ1n) is 5.68. The maximum absolute atomic E-state index is 11.8. The van der Waals surface area contributed by atoms with Crippen molar-refractivity contribution in [3.63, 3.8) is 0 Å². The zero-order valence-electron chi connectivity index (χ0n) is 8.96. The molecule has 0 aromatic rings. The van der Waals surface area contributed by atoms with Crippen molar-refractivity contribution in [1.82, 2.24) is 4.90 Å². The quantitative estimate of drug-likeness (QED) is 0.630. The van der Waals surface area contributed by atoms with Crippen LogP contribution in [0.15, 0.2) is 12.2 Å². The second-order valence-electron chi connectivity index (χ2n) is 4.78. The van der Waals surface area contributed by atoms with Crippen molar-refractivity contribution in [1.29, 1.82) is 0 Å². The Morgan fingerprint density at radius 3 is 2.50 bits per heavy atom. The topological polar surface area (TPSA) is 20.3 Å². The molecule has 1 aliphatic carbocycles. The fraction of sp³-hybridized carbons (Fsp3) is 0.750. The van der Waals surface area contributed by atoms with Crippen molar-refractivity contribution in [3.8, 4) is 0 Å². The van der Waals surface area contributed by atoms with Crippen molar-refractivity contribution < 1.29 is 4.79 Å². The van der Waals surface area contributed by atoms with Crippen LogP contribution in [0.2, 0.25) is 0 Å². The van der Waals surface area contributed by atoms with E-state index in [-0.39, 0.29) is 5.41 Å². The van der Waals surface area contributed by atoms with Gasteiger partial charge in [-0.1, -0.05) is 19.1 Å². The molecular formula is C12H19NO. The lowest BCUT2D eigenvalue weighted by atomic mass is 9.99. The summed E-state index contributed by atoms with van der Waals surface area (Å²) in [5.41, 5.74) is 0.283. The standard InChI is InChI=1S/C12H19NO/c1-12(7-8-12)6-5-11(14)13-9-3-2-4-10-13/h7-8H,2-6,9-10H2,1H3. The van der Waals surface area contributed by atoms with Crippen LogP contribution in [0.4, 0.5) is 0 Å². The van der Waals surface area contributed by atoms with Crippen LogP contribution >= 0.6 is 0 Å². The van der Waals surface area contributed by atoms with Gasteiger partial charge in [0.15, 0.2) is 0 Å². The third kappa shape index (κ3) is 2.37. The molecule has 1 heterocycles. The molecule has 2 nitrogen and oxygen atoms in total. The minimum atomic E-state index is 0.283. The minimum absolute atomic E-state index is 0.283. The van der Waals surface area contributed by atoms with Crippen LogP contribution in [0.1, 0.15) is 39.0 Å². The van der Waals surface area contributed by atoms with Gasteiger partial charge in [-0.3, -0.25) is 4.79 Å². The number of carbonyl (C=O) groups is 1. The molecule has 0 spiro atoms. The number of piperidine rings is 1. The molecule has 2 heteroatoms.